The second kappa shape index (κ2) is 7.69. The van der Waals surface area contributed by atoms with E-state index >= 15 is 0 Å². The molecule has 0 unspecified atom stereocenters. The van der Waals surface area contributed by atoms with Gasteiger partial charge in [-0.3, -0.25) is 15.1 Å². The van der Waals surface area contributed by atoms with Gasteiger partial charge in [0.2, 0.25) is 0 Å². The van der Waals surface area contributed by atoms with Crippen molar-refractivity contribution in [2.75, 3.05) is 0 Å². The van der Waals surface area contributed by atoms with Gasteiger partial charge in [-0.1, -0.05) is 12.7 Å². The molecule has 0 radical (unpaired) electrons. The SMILES string of the molecule is C=c1c(-c2nc3nccc(-c4ccc(F)s4)c3[nH]2)n[nH]/c1=C/C=C(\C)c1cnccn1. The fourth-order valence-electron chi connectivity index (χ4n) is 3.20. The molecule has 9 heteroatoms. The number of H-pyrrole nitrogens is 2. The molecule has 0 aliphatic carbocycles. The number of thiophene rings is 1. The molecule has 31 heavy (non-hydrogen) atoms. The topological polar surface area (TPSA) is 96.0 Å². The lowest BCUT2D eigenvalue weighted by atomic mass is 10.2. The van der Waals surface area contributed by atoms with Gasteiger partial charge in [-0.25, -0.2) is 9.97 Å². The maximum Gasteiger partial charge on any atom is 0.178 e. The van der Waals surface area contributed by atoms with Gasteiger partial charge in [0.25, 0.3) is 0 Å². The number of aromatic nitrogens is 7. The summed E-state index contributed by atoms with van der Waals surface area (Å²) in [5, 5.41) is 8.60. The Labute approximate surface area is 179 Å². The van der Waals surface area contributed by atoms with Crippen LogP contribution in [0.25, 0.3) is 51.4 Å². The van der Waals surface area contributed by atoms with E-state index in [0.717, 1.165) is 43.9 Å². The van der Waals surface area contributed by atoms with Crippen LogP contribution in [0.4, 0.5) is 4.39 Å². The predicted octanol–water partition coefficient (Wildman–Crippen LogP) is 3.30. The number of allylic oxidation sites excluding steroid dienone is 2. The van der Waals surface area contributed by atoms with E-state index in [4.69, 9.17) is 0 Å². The highest BCUT2D eigenvalue weighted by Crippen LogP contribution is 2.32. The van der Waals surface area contributed by atoms with Crippen molar-refractivity contribution < 1.29 is 4.39 Å². The first kappa shape index (κ1) is 19.0. The molecule has 0 aromatic carbocycles. The van der Waals surface area contributed by atoms with Gasteiger partial charge in [-0.05, 0) is 36.8 Å². The number of rotatable bonds is 4. The van der Waals surface area contributed by atoms with Gasteiger partial charge in [0.1, 0.15) is 5.69 Å². The van der Waals surface area contributed by atoms with E-state index in [1.807, 2.05) is 25.1 Å². The fourth-order valence-corrected chi connectivity index (χ4v) is 3.96. The summed E-state index contributed by atoms with van der Waals surface area (Å²) >= 11 is 1.08. The lowest BCUT2D eigenvalue weighted by Crippen LogP contribution is -2.21. The van der Waals surface area contributed by atoms with Crippen molar-refractivity contribution >= 4 is 40.7 Å². The molecule has 5 aromatic rings. The molecule has 7 nitrogen and oxygen atoms in total. The highest BCUT2D eigenvalue weighted by Gasteiger charge is 2.15. The number of hydrogen-bond acceptors (Lipinski definition) is 6. The monoisotopic (exact) mass is 429 g/mol. The summed E-state index contributed by atoms with van der Waals surface area (Å²) in [6, 6.07) is 5.03. The van der Waals surface area contributed by atoms with Crippen molar-refractivity contribution in [2.45, 2.75) is 6.92 Å². The maximum absolute atomic E-state index is 13.5. The van der Waals surface area contributed by atoms with E-state index in [9.17, 15) is 4.39 Å². The van der Waals surface area contributed by atoms with Crippen LogP contribution in [0.5, 0.6) is 0 Å². The number of nitrogens with zero attached hydrogens (tertiary/aromatic N) is 5. The Bertz CT molecular complexity index is 1530. The van der Waals surface area contributed by atoms with Crippen molar-refractivity contribution in [3.8, 4) is 22.0 Å². The standard InChI is InChI=1S/C22H16FN7S/c1-12(16-11-24-9-10-25-16)3-4-15-13(2)19(30-29-15)22-27-20-14(7-8-26-21(20)28-22)17-5-6-18(23)31-17/h3-11,29H,2H2,1H3,(H,26,27,28)/b12-3+,15-4+. The number of halogens is 1. The third-order valence-electron chi connectivity index (χ3n) is 4.82. The molecule has 0 saturated heterocycles. The number of hydrogen-bond donors (Lipinski definition) is 2. The summed E-state index contributed by atoms with van der Waals surface area (Å²) in [4.78, 5) is 21.3. The minimum Gasteiger partial charge on any atom is -0.335 e. The molecule has 0 bridgehead atoms. The Morgan fingerprint density at radius 1 is 1.16 bits per heavy atom. The molecule has 5 heterocycles. The first-order valence-electron chi connectivity index (χ1n) is 9.39. The summed E-state index contributed by atoms with van der Waals surface area (Å²) in [7, 11) is 0. The lowest BCUT2D eigenvalue weighted by Gasteiger charge is -1.97. The molecule has 0 aliphatic heterocycles. The molecule has 152 valence electrons. The Kier molecular flexibility index (Phi) is 4.72. The Morgan fingerprint density at radius 2 is 2.06 bits per heavy atom. The molecule has 0 aliphatic rings. The maximum atomic E-state index is 13.5. The van der Waals surface area contributed by atoms with Gasteiger partial charge in [-0.2, -0.15) is 9.49 Å². The quantitative estimate of drug-likeness (QED) is 0.457. The lowest BCUT2D eigenvalue weighted by molar-refractivity contribution is 0.657. The van der Waals surface area contributed by atoms with E-state index in [1.54, 1.807) is 30.9 Å². The summed E-state index contributed by atoms with van der Waals surface area (Å²) in [6.45, 7) is 6.11. The number of pyridine rings is 1. The van der Waals surface area contributed by atoms with Gasteiger partial charge in [0, 0.05) is 34.2 Å². The van der Waals surface area contributed by atoms with E-state index in [0.29, 0.717) is 22.4 Å². The molecule has 0 spiro atoms. The average Bonchev–Trinajstić information content (AvgIpc) is 3.50. The molecule has 0 amide bonds. The van der Waals surface area contributed by atoms with Gasteiger partial charge in [0.05, 0.1) is 22.8 Å². The van der Waals surface area contributed by atoms with Crippen LogP contribution in [-0.2, 0) is 0 Å². The van der Waals surface area contributed by atoms with Gasteiger partial charge < -0.3 is 4.98 Å². The smallest absolute Gasteiger partial charge is 0.178 e. The van der Waals surface area contributed by atoms with Gasteiger partial charge >= 0.3 is 0 Å². The Balaban J connectivity index is 1.55. The number of imidazole rings is 1. The van der Waals surface area contributed by atoms with E-state index in [1.165, 1.54) is 6.07 Å². The van der Waals surface area contributed by atoms with Crippen LogP contribution < -0.4 is 10.6 Å². The summed E-state index contributed by atoms with van der Waals surface area (Å²) in [6.07, 6.45) is 10.5. The second-order valence-corrected chi connectivity index (χ2v) is 7.85. The van der Waals surface area contributed by atoms with Gasteiger partial charge in [0.15, 0.2) is 16.6 Å². The average molecular weight is 429 g/mol. The molecule has 0 fully saturated rings. The zero-order valence-corrected chi connectivity index (χ0v) is 17.2. The molecule has 2 N–H and O–H groups in total. The highest BCUT2D eigenvalue weighted by molar-refractivity contribution is 7.14. The van der Waals surface area contributed by atoms with Crippen LogP contribution in [0.1, 0.15) is 12.6 Å². The first-order valence-corrected chi connectivity index (χ1v) is 10.2. The Hall–Kier alpha value is -3.98. The molecular weight excluding hydrogens is 413 g/mol. The molecular formula is C22H16FN7S. The summed E-state index contributed by atoms with van der Waals surface area (Å²) < 4.78 is 13.5. The van der Waals surface area contributed by atoms with Crippen molar-refractivity contribution in [1.29, 1.82) is 0 Å². The Morgan fingerprint density at radius 3 is 2.84 bits per heavy atom. The predicted molar refractivity (Wildman–Crippen MR) is 120 cm³/mol. The molecule has 0 saturated carbocycles. The van der Waals surface area contributed by atoms with Crippen LogP contribution in [-0.4, -0.2) is 35.1 Å². The van der Waals surface area contributed by atoms with Crippen molar-refractivity contribution in [1.82, 2.24) is 35.1 Å². The van der Waals surface area contributed by atoms with Crippen molar-refractivity contribution in [2.24, 2.45) is 0 Å². The number of fused-ring (bicyclic) bond motifs is 1. The molecule has 0 atom stereocenters. The summed E-state index contributed by atoms with van der Waals surface area (Å²) in [5.41, 5.74) is 4.46. The van der Waals surface area contributed by atoms with Crippen LogP contribution in [0, 0.1) is 5.13 Å². The fraction of sp³-hybridized carbons (Fsp3) is 0.0455. The minimum atomic E-state index is -0.239. The zero-order valence-electron chi connectivity index (χ0n) is 16.4. The third kappa shape index (κ3) is 3.55. The van der Waals surface area contributed by atoms with E-state index in [2.05, 4.69) is 41.7 Å². The minimum absolute atomic E-state index is 0.239. The van der Waals surface area contributed by atoms with Crippen LogP contribution >= 0.6 is 11.3 Å². The highest BCUT2D eigenvalue weighted by atomic mass is 32.1. The first-order chi connectivity index (χ1) is 15.1. The third-order valence-corrected chi connectivity index (χ3v) is 5.73. The second-order valence-electron chi connectivity index (χ2n) is 6.82. The van der Waals surface area contributed by atoms with E-state index < -0.39 is 0 Å². The van der Waals surface area contributed by atoms with Crippen LogP contribution in [0.15, 0.2) is 49.1 Å². The zero-order chi connectivity index (χ0) is 21.4. The number of nitrogens with one attached hydrogen (secondary N) is 2. The van der Waals surface area contributed by atoms with Crippen LogP contribution in [0.2, 0.25) is 0 Å². The van der Waals surface area contributed by atoms with Crippen molar-refractivity contribution in [3.63, 3.8) is 0 Å². The summed E-state index contributed by atoms with van der Waals surface area (Å²) in [5.74, 6) is 0.544. The number of aromatic amines is 2. The van der Waals surface area contributed by atoms with Crippen LogP contribution in [0.3, 0.4) is 0 Å². The normalized spacial score (nSPS) is 12.7. The largest absolute Gasteiger partial charge is 0.335 e. The molecule has 5 aromatic heterocycles. The van der Waals surface area contributed by atoms with Crippen molar-refractivity contribution in [3.05, 3.63) is 70.5 Å². The molecule has 5 rings (SSSR count). The van der Waals surface area contributed by atoms with Gasteiger partial charge in [-0.15, -0.1) is 11.3 Å². The van der Waals surface area contributed by atoms with E-state index in [-0.39, 0.29) is 5.13 Å².